The van der Waals surface area contributed by atoms with Crippen LogP contribution in [0, 0.1) is 18.6 Å². The van der Waals surface area contributed by atoms with E-state index >= 15 is 0 Å². The van der Waals surface area contributed by atoms with E-state index in [2.05, 4.69) is 5.32 Å². The molecule has 0 aliphatic carbocycles. The van der Waals surface area contributed by atoms with Crippen LogP contribution in [0.5, 0.6) is 0 Å². The van der Waals surface area contributed by atoms with Gasteiger partial charge < -0.3 is 10.1 Å². The lowest BCUT2D eigenvalue weighted by molar-refractivity contribution is -0.119. The van der Waals surface area contributed by atoms with E-state index in [9.17, 15) is 26.8 Å². The summed E-state index contributed by atoms with van der Waals surface area (Å²) in [7, 11) is -4.01. The van der Waals surface area contributed by atoms with Crippen LogP contribution in [0.1, 0.15) is 15.9 Å². The highest BCUT2D eigenvalue weighted by Crippen LogP contribution is 2.16. The molecule has 10 heteroatoms. The van der Waals surface area contributed by atoms with E-state index < -0.39 is 40.1 Å². The summed E-state index contributed by atoms with van der Waals surface area (Å²) in [5, 5.41) is 7.17. The third kappa shape index (κ3) is 5.07. The van der Waals surface area contributed by atoms with Crippen molar-refractivity contribution in [1.29, 1.82) is 0 Å². The van der Waals surface area contributed by atoms with Gasteiger partial charge in [0.1, 0.15) is 11.6 Å². The molecule has 3 N–H and O–H groups in total. The van der Waals surface area contributed by atoms with Gasteiger partial charge in [-0.2, -0.15) is 0 Å². The lowest BCUT2D eigenvalue weighted by Crippen LogP contribution is -2.22. The van der Waals surface area contributed by atoms with Crippen LogP contribution in [-0.2, 0) is 19.6 Å². The molecule has 2 rings (SSSR count). The van der Waals surface area contributed by atoms with Gasteiger partial charge in [0.25, 0.3) is 5.91 Å². The standard InChI is InChI=1S/C16H14F2N2O5S/c1-9-2-3-13(26(19,23)24)7-14(9)16(22)25-8-15(21)20-12-5-10(17)4-11(18)6-12/h2-7H,8H2,1H3,(H,20,21)(H2,19,23,24). The molecule has 0 unspecified atom stereocenters. The summed E-state index contributed by atoms with van der Waals surface area (Å²) in [5.41, 5.74) is 0.187. The summed E-state index contributed by atoms with van der Waals surface area (Å²) in [6, 6.07) is 6.05. The topological polar surface area (TPSA) is 116 Å². The first-order valence-corrected chi connectivity index (χ1v) is 8.67. The van der Waals surface area contributed by atoms with Crippen molar-refractivity contribution in [2.24, 2.45) is 5.14 Å². The third-order valence-corrected chi connectivity index (χ3v) is 4.15. The lowest BCUT2D eigenvalue weighted by atomic mass is 10.1. The molecule has 0 aliphatic heterocycles. The number of amides is 1. The molecule has 26 heavy (non-hydrogen) atoms. The second kappa shape index (κ2) is 7.58. The zero-order valence-electron chi connectivity index (χ0n) is 13.5. The van der Waals surface area contributed by atoms with Crippen LogP contribution in [-0.4, -0.2) is 26.9 Å². The highest BCUT2D eigenvalue weighted by atomic mass is 32.2. The van der Waals surface area contributed by atoms with E-state index in [1.54, 1.807) is 6.92 Å². The van der Waals surface area contributed by atoms with Gasteiger partial charge in [-0.05, 0) is 36.8 Å². The normalized spacial score (nSPS) is 11.1. The zero-order valence-corrected chi connectivity index (χ0v) is 14.3. The van der Waals surface area contributed by atoms with Gasteiger partial charge in [0.15, 0.2) is 6.61 Å². The molecule has 2 aromatic carbocycles. The quantitative estimate of drug-likeness (QED) is 0.762. The number of aryl methyl sites for hydroxylation is 1. The SMILES string of the molecule is Cc1ccc(S(N)(=O)=O)cc1C(=O)OCC(=O)Nc1cc(F)cc(F)c1. The highest BCUT2D eigenvalue weighted by molar-refractivity contribution is 7.89. The summed E-state index contributed by atoms with van der Waals surface area (Å²) in [6.07, 6.45) is 0. The van der Waals surface area contributed by atoms with Crippen molar-refractivity contribution in [1.82, 2.24) is 0 Å². The Bertz CT molecular complexity index is 956. The Kier molecular flexibility index (Phi) is 5.68. The van der Waals surface area contributed by atoms with E-state index in [-0.39, 0.29) is 16.1 Å². The number of rotatable bonds is 5. The second-order valence-electron chi connectivity index (χ2n) is 5.30. The van der Waals surface area contributed by atoms with Crippen LogP contribution in [0.4, 0.5) is 14.5 Å². The predicted molar refractivity (Wildman–Crippen MR) is 87.8 cm³/mol. The number of sulfonamides is 1. The molecule has 1 amide bonds. The van der Waals surface area contributed by atoms with Crippen LogP contribution in [0.3, 0.4) is 0 Å². The highest BCUT2D eigenvalue weighted by Gasteiger charge is 2.17. The molecule has 0 saturated heterocycles. The summed E-state index contributed by atoms with van der Waals surface area (Å²) < 4.78 is 53.6. The van der Waals surface area contributed by atoms with Gasteiger partial charge in [-0.25, -0.2) is 27.1 Å². The summed E-state index contributed by atoms with van der Waals surface area (Å²) in [5.74, 6) is -3.54. The molecule has 0 saturated carbocycles. The summed E-state index contributed by atoms with van der Waals surface area (Å²) in [4.78, 5) is 23.5. The van der Waals surface area contributed by atoms with Crippen LogP contribution < -0.4 is 10.5 Å². The van der Waals surface area contributed by atoms with Crippen molar-refractivity contribution >= 4 is 27.6 Å². The molecule has 0 aliphatic rings. The number of anilines is 1. The molecule has 2 aromatic rings. The molecule has 0 fully saturated rings. The smallest absolute Gasteiger partial charge is 0.338 e. The van der Waals surface area contributed by atoms with Crippen LogP contribution in [0.2, 0.25) is 0 Å². The first-order valence-electron chi connectivity index (χ1n) is 7.13. The molecule has 0 aromatic heterocycles. The van der Waals surface area contributed by atoms with Gasteiger partial charge >= 0.3 is 5.97 Å². The molecule has 138 valence electrons. The van der Waals surface area contributed by atoms with E-state index in [1.807, 2.05) is 0 Å². The minimum atomic E-state index is -4.01. The number of carbonyl (C=O) groups is 2. The van der Waals surface area contributed by atoms with Crippen molar-refractivity contribution in [3.63, 3.8) is 0 Å². The molecule has 0 heterocycles. The van der Waals surface area contributed by atoms with Crippen LogP contribution in [0.25, 0.3) is 0 Å². The second-order valence-corrected chi connectivity index (χ2v) is 6.87. The van der Waals surface area contributed by atoms with Gasteiger partial charge in [-0.1, -0.05) is 6.07 Å². The van der Waals surface area contributed by atoms with Crippen molar-refractivity contribution < 1.29 is 31.5 Å². The first-order chi connectivity index (χ1) is 12.1. The Morgan fingerprint density at radius 2 is 1.73 bits per heavy atom. The number of carbonyl (C=O) groups excluding carboxylic acids is 2. The maximum Gasteiger partial charge on any atom is 0.338 e. The average molecular weight is 384 g/mol. The number of hydrogen-bond donors (Lipinski definition) is 2. The molecule has 0 bridgehead atoms. The van der Waals surface area contributed by atoms with Crippen LogP contribution in [0.15, 0.2) is 41.3 Å². The van der Waals surface area contributed by atoms with Crippen molar-refractivity contribution in [3.05, 3.63) is 59.2 Å². The van der Waals surface area contributed by atoms with E-state index in [0.29, 0.717) is 11.6 Å². The summed E-state index contributed by atoms with van der Waals surface area (Å²) in [6.45, 7) is 0.801. The molecule has 0 spiro atoms. The number of esters is 1. The number of nitrogens with one attached hydrogen (secondary N) is 1. The van der Waals surface area contributed by atoms with Gasteiger partial charge in [0.2, 0.25) is 10.0 Å². The van der Waals surface area contributed by atoms with Crippen LogP contribution >= 0.6 is 0 Å². The fourth-order valence-corrected chi connectivity index (χ4v) is 2.57. The van der Waals surface area contributed by atoms with Crippen molar-refractivity contribution in [2.75, 3.05) is 11.9 Å². The first kappa shape index (κ1) is 19.5. The summed E-state index contributed by atoms with van der Waals surface area (Å²) >= 11 is 0. The van der Waals surface area contributed by atoms with Gasteiger partial charge in [-0.3, -0.25) is 4.79 Å². The van der Waals surface area contributed by atoms with E-state index in [0.717, 1.165) is 18.2 Å². The Hall–Kier alpha value is -2.85. The number of benzene rings is 2. The molecule has 0 atom stereocenters. The minimum absolute atomic E-state index is 0.0823. The van der Waals surface area contributed by atoms with Crippen molar-refractivity contribution in [3.8, 4) is 0 Å². The Labute approximate surface area is 147 Å². The fourth-order valence-electron chi connectivity index (χ4n) is 2.03. The molecule has 7 nitrogen and oxygen atoms in total. The Morgan fingerprint density at radius 3 is 2.31 bits per heavy atom. The lowest BCUT2D eigenvalue weighted by Gasteiger charge is -2.09. The third-order valence-electron chi connectivity index (χ3n) is 3.24. The van der Waals surface area contributed by atoms with Gasteiger partial charge in [0.05, 0.1) is 10.5 Å². The minimum Gasteiger partial charge on any atom is -0.452 e. The molecular formula is C16H14F2N2O5S. The number of primary sulfonamides is 1. The average Bonchev–Trinajstić information content (AvgIpc) is 2.51. The van der Waals surface area contributed by atoms with E-state index in [1.165, 1.54) is 12.1 Å². The largest absolute Gasteiger partial charge is 0.452 e. The molecular weight excluding hydrogens is 370 g/mol. The Morgan fingerprint density at radius 1 is 1.12 bits per heavy atom. The van der Waals surface area contributed by atoms with Gasteiger partial charge in [0, 0.05) is 11.8 Å². The number of nitrogens with two attached hydrogens (primary N) is 1. The van der Waals surface area contributed by atoms with Gasteiger partial charge in [-0.15, -0.1) is 0 Å². The predicted octanol–water partition coefficient (Wildman–Crippen LogP) is 1.72. The monoisotopic (exact) mass is 384 g/mol. The number of halogens is 2. The fraction of sp³-hybridized carbons (Fsp3) is 0.125. The van der Waals surface area contributed by atoms with E-state index in [4.69, 9.17) is 9.88 Å². The number of hydrogen-bond acceptors (Lipinski definition) is 5. The van der Waals surface area contributed by atoms with Crippen molar-refractivity contribution in [2.45, 2.75) is 11.8 Å². The molecule has 0 radical (unpaired) electrons. The Balaban J connectivity index is 2.05. The maximum absolute atomic E-state index is 13.1. The number of ether oxygens (including phenoxy) is 1. The maximum atomic E-state index is 13.1. The zero-order chi connectivity index (χ0) is 19.5.